The second kappa shape index (κ2) is 11.5. The number of fused-ring (bicyclic) bond motifs is 6. The number of anilines is 3. The van der Waals surface area contributed by atoms with Crippen LogP contribution in [0.25, 0.3) is 0 Å². The molecule has 2 aliphatic rings. The van der Waals surface area contributed by atoms with Crippen molar-refractivity contribution in [2.75, 3.05) is 16.8 Å². The number of hydrogen-bond donors (Lipinski definition) is 0. The molecular weight excluding hydrogens is 580 g/mol. The molecule has 0 N–H and O–H groups in total. The van der Waals surface area contributed by atoms with E-state index in [-0.39, 0.29) is 5.97 Å². The topological polar surface area (TPSA) is 42.0 Å². The van der Waals surface area contributed by atoms with Crippen molar-refractivity contribution >= 4 is 23.0 Å². The largest absolute Gasteiger partial charge is 0.456 e. The van der Waals surface area contributed by atoms with Crippen LogP contribution in [0.15, 0.2) is 146 Å². The smallest absolute Gasteiger partial charge is 0.340 e. The number of esters is 1. The Bertz CT molecular complexity index is 2070. The molecule has 0 bridgehead atoms. The Hall–Kier alpha value is -5.81. The van der Waals surface area contributed by atoms with Gasteiger partial charge in [0.25, 0.3) is 0 Å². The van der Waals surface area contributed by atoms with Crippen molar-refractivity contribution in [3.05, 3.63) is 185 Å². The molecule has 0 saturated carbocycles. The van der Waals surface area contributed by atoms with E-state index in [0.717, 1.165) is 46.8 Å². The standard InChI is InChI=1S/C42H34N2O3/c1-29-21-24-37(38(25-29)44(27-30-13-5-3-6-14-30)28-31-15-7-4-8-16-31)43(2)32-22-23-36-40(26-32)46-39-20-12-11-19-35(39)42(36)34-18-10-9-17-33(34)41(45)47-42/h3-26H,27-28H2,1-2H3. The predicted octanol–water partition coefficient (Wildman–Crippen LogP) is 9.54. The van der Waals surface area contributed by atoms with Crippen molar-refractivity contribution in [3.63, 3.8) is 0 Å². The van der Waals surface area contributed by atoms with Gasteiger partial charge in [0.05, 0.1) is 16.9 Å². The average molecular weight is 615 g/mol. The van der Waals surface area contributed by atoms with Crippen LogP contribution in [0, 0.1) is 6.92 Å². The van der Waals surface area contributed by atoms with E-state index in [1.807, 2.05) is 54.6 Å². The molecule has 6 aromatic rings. The Labute approximate surface area is 275 Å². The lowest BCUT2D eigenvalue weighted by molar-refractivity contribution is 0.0224. The number of carbonyl (C=O) groups excluding carboxylic acids is 1. The maximum Gasteiger partial charge on any atom is 0.340 e. The number of rotatable bonds is 7. The fourth-order valence-corrected chi connectivity index (χ4v) is 6.97. The average Bonchev–Trinajstić information content (AvgIpc) is 3.40. The van der Waals surface area contributed by atoms with Gasteiger partial charge in [-0.15, -0.1) is 0 Å². The highest BCUT2D eigenvalue weighted by atomic mass is 16.6. The predicted molar refractivity (Wildman–Crippen MR) is 187 cm³/mol. The third kappa shape index (κ3) is 4.92. The van der Waals surface area contributed by atoms with Crippen LogP contribution in [0.1, 0.15) is 43.7 Å². The third-order valence-corrected chi connectivity index (χ3v) is 9.26. The number of benzene rings is 6. The van der Waals surface area contributed by atoms with Crippen LogP contribution in [0.4, 0.5) is 17.1 Å². The summed E-state index contributed by atoms with van der Waals surface area (Å²) < 4.78 is 12.9. The summed E-state index contributed by atoms with van der Waals surface area (Å²) in [4.78, 5) is 17.9. The maximum atomic E-state index is 13.2. The quantitative estimate of drug-likeness (QED) is 0.168. The van der Waals surface area contributed by atoms with Gasteiger partial charge in [-0.25, -0.2) is 4.79 Å². The van der Waals surface area contributed by atoms with Crippen LogP contribution in [0.3, 0.4) is 0 Å². The van der Waals surface area contributed by atoms with Gasteiger partial charge in [0.2, 0.25) is 0 Å². The minimum absolute atomic E-state index is 0.328. The van der Waals surface area contributed by atoms with Gasteiger partial charge < -0.3 is 19.3 Å². The molecule has 1 unspecified atom stereocenters. The Kier molecular flexibility index (Phi) is 7.02. The SMILES string of the molecule is Cc1ccc(N(C)c2ccc3c(c2)Oc2ccccc2C32OC(=O)c3ccccc32)c(N(Cc2ccccc2)Cc2ccccc2)c1. The molecule has 2 heterocycles. The zero-order valence-corrected chi connectivity index (χ0v) is 26.4. The molecule has 0 aromatic heterocycles. The summed E-state index contributed by atoms with van der Waals surface area (Å²) in [5.41, 5.74) is 8.83. The molecule has 1 spiro atoms. The highest BCUT2D eigenvalue weighted by molar-refractivity contribution is 5.97. The molecule has 5 heteroatoms. The number of carbonyl (C=O) groups is 1. The molecule has 5 nitrogen and oxygen atoms in total. The molecular formula is C42H34N2O3. The van der Waals surface area contributed by atoms with E-state index in [2.05, 4.69) is 115 Å². The van der Waals surface area contributed by atoms with Crippen LogP contribution in [0.5, 0.6) is 11.5 Å². The van der Waals surface area contributed by atoms with E-state index in [1.54, 1.807) is 0 Å². The molecule has 47 heavy (non-hydrogen) atoms. The monoisotopic (exact) mass is 614 g/mol. The second-order valence-electron chi connectivity index (χ2n) is 12.3. The van der Waals surface area contributed by atoms with Gasteiger partial charge in [-0.2, -0.15) is 0 Å². The lowest BCUT2D eigenvalue weighted by Gasteiger charge is -2.37. The van der Waals surface area contributed by atoms with Crippen LogP contribution in [-0.2, 0) is 23.4 Å². The summed E-state index contributed by atoms with van der Waals surface area (Å²) in [5, 5.41) is 0. The first kappa shape index (κ1) is 28.6. The molecule has 6 aromatic carbocycles. The minimum Gasteiger partial charge on any atom is -0.456 e. The zero-order chi connectivity index (χ0) is 32.0. The summed E-state index contributed by atoms with van der Waals surface area (Å²) in [6.45, 7) is 3.66. The van der Waals surface area contributed by atoms with Gasteiger partial charge >= 0.3 is 5.97 Å². The molecule has 0 fully saturated rings. The summed E-state index contributed by atoms with van der Waals surface area (Å²) in [6, 6.07) is 49.5. The fraction of sp³-hybridized carbons (Fsp3) is 0.119. The Morgan fingerprint density at radius 2 is 1.21 bits per heavy atom. The Balaban J connectivity index is 1.22. The van der Waals surface area contributed by atoms with E-state index >= 15 is 0 Å². The molecule has 0 amide bonds. The summed E-state index contributed by atoms with van der Waals surface area (Å²) in [5.74, 6) is 1.01. The van der Waals surface area contributed by atoms with Crippen LogP contribution in [0.2, 0.25) is 0 Å². The van der Waals surface area contributed by atoms with Crippen LogP contribution >= 0.6 is 0 Å². The number of nitrogens with zero attached hydrogens (tertiary/aromatic N) is 2. The molecule has 0 radical (unpaired) electrons. The first-order valence-corrected chi connectivity index (χ1v) is 15.9. The van der Waals surface area contributed by atoms with E-state index < -0.39 is 5.60 Å². The number of hydrogen-bond acceptors (Lipinski definition) is 5. The van der Waals surface area contributed by atoms with Gasteiger partial charge in [0, 0.05) is 48.6 Å². The van der Waals surface area contributed by atoms with Crippen molar-refractivity contribution in [2.45, 2.75) is 25.6 Å². The molecule has 230 valence electrons. The number of aryl methyl sites for hydroxylation is 1. The van der Waals surface area contributed by atoms with Gasteiger partial charge in [0.1, 0.15) is 11.5 Å². The highest BCUT2D eigenvalue weighted by Crippen LogP contribution is 2.56. The Morgan fingerprint density at radius 3 is 1.94 bits per heavy atom. The highest BCUT2D eigenvalue weighted by Gasteiger charge is 2.53. The first-order valence-electron chi connectivity index (χ1n) is 15.9. The van der Waals surface area contributed by atoms with Crippen molar-refractivity contribution < 1.29 is 14.3 Å². The molecule has 8 rings (SSSR count). The summed E-state index contributed by atoms with van der Waals surface area (Å²) in [7, 11) is 2.09. The van der Waals surface area contributed by atoms with Crippen molar-refractivity contribution in [3.8, 4) is 11.5 Å². The zero-order valence-electron chi connectivity index (χ0n) is 26.4. The van der Waals surface area contributed by atoms with E-state index in [9.17, 15) is 4.79 Å². The Morgan fingerprint density at radius 1 is 0.596 bits per heavy atom. The van der Waals surface area contributed by atoms with E-state index in [1.165, 1.54) is 16.7 Å². The van der Waals surface area contributed by atoms with Gasteiger partial charge in [-0.3, -0.25) is 0 Å². The summed E-state index contributed by atoms with van der Waals surface area (Å²) in [6.07, 6.45) is 0. The van der Waals surface area contributed by atoms with E-state index in [0.29, 0.717) is 17.1 Å². The second-order valence-corrected chi connectivity index (χ2v) is 12.3. The van der Waals surface area contributed by atoms with Crippen LogP contribution in [-0.4, -0.2) is 13.0 Å². The molecule has 0 aliphatic carbocycles. The first-order chi connectivity index (χ1) is 23.0. The minimum atomic E-state index is -1.08. The fourth-order valence-electron chi connectivity index (χ4n) is 6.97. The van der Waals surface area contributed by atoms with Crippen LogP contribution < -0.4 is 14.5 Å². The van der Waals surface area contributed by atoms with Crippen molar-refractivity contribution in [1.82, 2.24) is 0 Å². The van der Waals surface area contributed by atoms with Gasteiger partial charge in [0.15, 0.2) is 5.60 Å². The molecule has 1 atom stereocenters. The lowest BCUT2D eigenvalue weighted by Crippen LogP contribution is -2.33. The van der Waals surface area contributed by atoms with Gasteiger partial charge in [-0.05, 0) is 60.0 Å². The number of para-hydroxylation sites is 1. The van der Waals surface area contributed by atoms with Crippen molar-refractivity contribution in [1.29, 1.82) is 0 Å². The normalized spacial score (nSPS) is 15.7. The number of ether oxygens (including phenoxy) is 2. The van der Waals surface area contributed by atoms with Gasteiger partial charge in [-0.1, -0.05) is 103 Å². The van der Waals surface area contributed by atoms with Crippen molar-refractivity contribution in [2.24, 2.45) is 0 Å². The maximum absolute atomic E-state index is 13.2. The summed E-state index contributed by atoms with van der Waals surface area (Å²) >= 11 is 0. The van der Waals surface area contributed by atoms with E-state index in [4.69, 9.17) is 9.47 Å². The molecule has 0 saturated heterocycles. The third-order valence-electron chi connectivity index (χ3n) is 9.26. The molecule has 2 aliphatic heterocycles. The lowest BCUT2D eigenvalue weighted by atomic mass is 9.77.